The van der Waals surface area contributed by atoms with Crippen molar-refractivity contribution in [3.05, 3.63) is 122 Å². The van der Waals surface area contributed by atoms with E-state index < -0.39 is 12.1 Å². The molecule has 4 nitrogen and oxygen atoms in total. The second-order valence-corrected chi connectivity index (χ2v) is 19.0. The van der Waals surface area contributed by atoms with Crippen molar-refractivity contribution in [1.82, 2.24) is 5.32 Å². The summed E-state index contributed by atoms with van der Waals surface area (Å²) in [6.45, 7) is 4.19. The largest absolute Gasteiger partial charge is 0.394 e. The highest BCUT2D eigenvalue weighted by atomic mass is 16.3. The van der Waals surface area contributed by atoms with Crippen molar-refractivity contribution in [3.8, 4) is 0 Å². The molecule has 0 aromatic heterocycles. The highest BCUT2D eigenvalue weighted by Crippen LogP contribution is 2.15. The molecule has 0 saturated heterocycles. The van der Waals surface area contributed by atoms with Gasteiger partial charge in [0.05, 0.1) is 18.8 Å². The molecule has 0 aliphatic heterocycles. The van der Waals surface area contributed by atoms with Gasteiger partial charge < -0.3 is 15.5 Å². The average molecular weight is 941 g/mol. The number of carbonyl (C=O) groups excluding carboxylic acids is 1. The van der Waals surface area contributed by atoms with E-state index in [-0.39, 0.29) is 12.5 Å². The highest BCUT2D eigenvalue weighted by molar-refractivity contribution is 5.76. The number of nitrogens with one attached hydrogen (secondary N) is 1. The Morgan fingerprint density at radius 2 is 0.662 bits per heavy atom. The molecule has 0 bridgehead atoms. The van der Waals surface area contributed by atoms with E-state index >= 15 is 0 Å². The average Bonchev–Trinajstić information content (AvgIpc) is 3.34. The Kier molecular flexibility index (Phi) is 55.4. The summed E-state index contributed by atoms with van der Waals surface area (Å²) in [6.07, 6.45) is 89.3. The van der Waals surface area contributed by atoms with Gasteiger partial charge in [-0.25, -0.2) is 0 Å². The third-order valence-electron chi connectivity index (χ3n) is 12.4. The van der Waals surface area contributed by atoms with Gasteiger partial charge in [-0.05, 0) is 96.3 Å². The number of allylic oxidation sites excluding steroid dienone is 19. The first-order chi connectivity index (χ1) is 33.7. The van der Waals surface area contributed by atoms with Crippen molar-refractivity contribution in [2.45, 2.75) is 270 Å². The van der Waals surface area contributed by atoms with Crippen LogP contribution >= 0.6 is 0 Å². The number of aliphatic hydroxyl groups is 2. The molecule has 0 fully saturated rings. The molecule has 388 valence electrons. The number of rotatable bonds is 51. The van der Waals surface area contributed by atoms with E-state index in [1.54, 1.807) is 6.08 Å². The number of hydrogen-bond acceptors (Lipinski definition) is 3. The van der Waals surface area contributed by atoms with Crippen LogP contribution in [0, 0.1) is 0 Å². The topological polar surface area (TPSA) is 69.6 Å². The van der Waals surface area contributed by atoms with E-state index in [1.165, 1.54) is 154 Å². The zero-order valence-electron chi connectivity index (χ0n) is 44.6. The van der Waals surface area contributed by atoms with Crippen LogP contribution in [0.1, 0.15) is 258 Å². The quantitative estimate of drug-likeness (QED) is 0.0420. The second-order valence-electron chi connectivity index (χ2n) is 19.0. The molecular formula is C64H109NO3. The van der Waals surface area contributed by atoms with Gasteiger partial charge in [0.1, 0.15) is 0 Å². The lowest BCUT2D eigenvalue weighted by Crippen LogP contribution is -2.45. The van der Waals surface area contributed by atoms with E-state index in [9.17, 15) is 15.0 Å². The maximum absolute atomic E-state index is 12.5. The number of unbranched alkanes of at least 4 members (excludes halogenated alkanes) is 26. The van der Waals surface area contributed by atoms with E-state index in [0.29, 0.717) is 6.42 Å². The third kappa shape index (κ3) is 53.7. The summed E-state index contributed by atoms with van der Waals surface area (Å²) >= 11 is 0. The molecule has 0 saturated carbocycles. The van der Waals surface area contributed by atoms with Crippen molar-refractivity contribution in [2.75, 3.05) is 6.61 Å². The van der Waals surface area contributed by atoms with Gasteiger partial charge in [-0.1, -0.05) is 277 Å². The molecular weight excluding hydrogens is 831 g/mol. The predicted molar refractivity (Wildman–Crippen MR) is 303 cm³/mol. The number of carbonyl (C=O) groups is 1. The van der Waals surface area contributed by atoms with E-state index in [4.69, 9.17) is 0 Å². The van der Waals surface area contributed by atoms with Crippen LogP contribution in [0.2, 0.25) is 0 Å². The molecule has 0 rings (SSSR count). The van der Waals surface area contributed by atoms with Crippen LogP contribution in [0.3, 0.4) is 0 Å². The molecule has 0 aromatic rings. The van der Waals surface area contributed by atoms with Gasteiger partial charge in [-0.15, -0.1) is 0 Å². The molecule has 3 N–H and O–H groups in total. The summed E-state index contributed by atoms with van der Waals surface area (Å²) < 4.78 is 0. The lowest BCUT2D eigenvalue weighted by atomic mass is 10.0. The first kappa shape index (κ1) is 64.8. The van der Waals surface area contributed by atoms with Crippen LogP contribution in [0.4, 0.5) is 0 Å². The SMILES string of the molecule is CC/C=C\C/C=C\C/C=C\C/C=C\C/C=C\C/C=C\C/C=C\C/C=C\CCCCCCCCCCCCCCC(=O)NC(CO)C(O)/C=C/CC/C=C/CCCCCCCCCCCCCCC. The Balaban J connectivity index is 3.59. The third-order valence-corrected chi connectivity index (χ3v) is 12.4. The summed E-state index contributed by atoms with van der Waals surface area (Å²) in [5, 5.41) is 23.1. The minimum absolute atomic E-state index is 0.0795. The maximum atomic E-state index is 12.5. The van der Waals surface area contributed by atoms with Crippen molar-refractivity contribution < 1.29 is 15.0 Å². The maximum Gasteiger partial charge on any atom is 0.220 e. The lowest BCUT2D eigenvalue weighted by molar-refractivity contribution is -0.123. The Bertz CT molecular complexity index is 1340. The smallest absolute Gasteiger partial charge is 0.220 e. The van der Waals surface area contributed by atoms with Crippen molar-refractivity contribution in [1.29, 1.82) is 0 Å². The van der Waals surface area contributed by atoms with Gasteiger partial charge in [0, 0.05) is 6.42 Å². The summed E-state index contributed by atoms with van der Waals surface area (Å²) in [5.41, 5.74) is 0. The monoisotopic (exact) mass is 940 g/mol. The molecule has 0 spiro atoms. The van der Waals surface area contributed by atoms with Gasteiger partial charge in [0.25, 0.3) is 0 Å². The highest BCUT2D eigenvalue weighted by Gasteiger charge is 2.17. The minimum Gasteiger partial charge on any atom is -0.394 e. The first-order valence-electron chi connectivity index (χ1n) is 28.7. The summed E-state index contributed by atoms with van der Waals surface area (Å²) in [6, 6.07) is -0.648. The van der Waals surface area contributed by atoms with E-state index in [1.807, 2.05) is 6.08 Å². The number of amides is 1. The fourth-order valence-corrected chi connectivity index (χ4v) is 8.09. The Morgan fingerprint density at radius 3 is 1.03 bits per heavy atom. The molecule has 0 aromatic carbocycles. The van der Waals surface area contributed by atoms with Crippen molar-refractivity contribution in [3.63, 3.8) is 0 Å². The van der Waals surface area contributed by atoms with Gasteiger partial charge in [0.2, 0.25) is 5.91 Å². The standard InChI is InChI=1S/C64H109NO3/c1-3-5-7-9-11-13-15-17-19-21-23-24-25-26-27-28-29-30-31-32-33-34-35-36-37-38-39-40-42-44-46-48-50-52-54-56-58-60-64(68)65-62(61-66)63(67)59-57-55-53-51-49-47-45-43-41-22-20-18-16-14-12-10-8-6-4-2/h5,7,11,13,17,19,23-24,26-27,29-30,32-33,35-36,49,51,57,59,62-63,66-67H,3-4,6,8-10,12,14-16,18,20-22,25,28,31,34,37-48,50,52-56,58,60-61H2,1-2H3,(H,65,68)/b7-5-,13-11-,19-17-,24-23-,27-26-,30-29-,33-32-,36-35-,51-49+,59-57+. The Morgan fingerprint density at radius 1 is 0.368 bits per heavy atom. The van der Waals surface area contributed by atoms with Gasteiger partial charge in [-0.3, -0.25) is 4.79 Å². The van der Waals surface area contributed by atoms with Crippen LogP contribution in [-0.4, -0.2) is 34.9 Å². The first-order valence-corrected chi connectivity index (χ1v) is 28.7. The van der Waals surface area contributed by atoms with Crippen LogP contribution in [-0.2, 0) is 4.79 Å². The molecule has 68 heavy (non-hydrogen) atoms. The predicted octanol–water partition coefficient (Wildman–Crippen LogP) is 19.2. The Hall–Kier alpha value is -3.21. The van der Waals surface area contributed by atoms with Crippen LogP contribution in [0.25, 0.3) is 0 Å². The lowest BCUT2D eigenvalue weighted by Gasteiger charge is -2.19. The summed E-state index contributed by atoms with van der Waals surface area (Å²) in [5.74, 6) is -0.0795. The van der Waals surface area contributed by atoms with E-state index in [2.05, 4.69) is 129 Å². The molecule has 2 atom stereocenters. The fourth-order valence-electron chi connectivity index (χ4n) is 8.09. The van der Waals surface area contributed by atoms with Crippen molar-refractivity contribution >= 4 is 5.91 Å². The molecule has 4 heteroatoms. The zero-order valence-corrected chi connectivity index (χ0v) is 44.6. The molecule has 0 aliphatic rings. The van der Waals surface area contributed by atoms with Crippen LogP contribution in [0.15, 0.2) is 122 Å². The molecule has 0 heterocycles. The molecule has 0 aliphatic carbocycles. The van der Waals surface area contributed by atoms with Crippen LogP contribution in [0.5, 0.6) is 0 Å². The van der Waals surface area contributed by atoms with E-state index in [0.717, 1.165) is 83.5 Å². The summed E-state index contributed by atoms with van der Waals surface area (Å²) in [7, 11) is 0. The normalized spacial score (nSPS) is 13.8. The fraction of sp³-hybridized carbons (Fsp3) is 0.672. The zero-order chi connectivity index (χ0) is 49.2. The molecule has 0 radical (unpaired) electrons. The minimum atomic E-state index is -0.870. The molecule has 2 unspecified atom stereocenters. The summed E-state index contributed by atoms with van der Waals surface area (Å²) in [4.78, 5) is 12.5. The van der Waals surface area contributed by atoms with Gasteiger partial charge in [-0.2, -0.15) is 0 Å². The van der Waals surface area contributed by atoms with Crippen LogP contribution < -0.4 is 5.32 Å². The molecule has 1 amide bonds. The number of aliphatic hydroxyl groups excluding tert-OH is 2. The Labute approximate surface area is 422 Å². The number of hydrogen-bond donors (Lipinski definition) is 3. The van der Waals surface area contributed by atoms with Crippen molar-refractivity contribution in [2.24, 2.45) is 0 Å². The second kappa shape index (κ2) is 58.1. The van der Waals surface area contributed by atoms with Gasteiger partial charge >= 0.3 is 0 Å². The van der Waals surface area contributed by atoms with Gasteiger partial charge in [0.15, 0.2) is 0 Å².